The number of nitrogens with zero attached hydrogens (tertiary/aromatic N) is 3. The monoisotopic (exact) mass is 521 g/mol. The third-order valence-electron chi connectivity index (χ3n) is 7.01. The molecular formula is C27H28FN5O3S. The molecule has 2 aromatic carbocycles. The molecule has 3 N–H and O–H groups in total. The Kier molecular flexibility index (Phi) is 7.03. The third kappa shape index (κ3) is 5.40. The molecule has 2 heterocycles. The predicted octanol–water partition coefficient (Wildman–Crippen LogP) is 4.40. The van der Waals surface area contributed by atoms with Crippen LogP contribution in [0.1, 0.15) is 58.8 Å². The lowest BCUT2D eigenvalue weighted by Crippen LogP contribution is -2.29. The van der Waals surface area contributed by atoms with E-state index in [1.807, 2.05) is 12.1 Å². The van der Waals surface area contributed by atoms with Crippen molar-refractivity contribution in [2.75, 3.05) is 0 Å². The van der Waals surface area contributed by atoms with Crippen LogP contribution < -0.4 is 10.5 Å². The van der Waals surface area contributed by atoms with Crippen LogP contribution in [0.5, 0.6) is 0 Å². The van der Waals surface area contributed by atoms with Crippen molar-refractivity contribution in [3.63, 3.8) is 0 Å². The Bertz CT molecular complexity index is 1510. The minimum absolute atomic E-state index is 0.0260. The maximum atomic E-state index is 13.3. The van der Waals surface area contributed by atoms with Crippen LogP contribution in [0.3, 0.4) is 0 Å². The Labute approximate surface area is 214 Å². The molecule has 1 amide bonds. The molecule has 0 aliphatic heterocycles. The number of aromatic nitrogens is 3. The van der Waals surface area contributed by atoms with Crippen molar-refractivity contribution in [2.45, 2.75) is 43.9 Å². The number of hydrogen-bond acceptors (Lipinski definition) is 5. The maximum absolute atomic E-state index is 13.3. The van der Waals surface area contributed by atoms with Crippen molar-refractivity contribution in [1.29, 1.82) is 0 Å². The molecule has 1 atom stereocenters. The van der Waals surface area contributed by atoms with Crippen LogP contribution in [0.4, 0.5) is 4.39 Å². The van der Waals surface area contributed by atoms with Gasteiger partial charge in [-0.05, 0) is 54.2 Å². The van der Waals surface area contributed by atoms with Gasteiger partial charge in [0.1, 0.15) is 11.1 Å². The minimum atomic E-state index is -3.74. The quantitative estimate of drug-likeness (QED) is 0.374. The van der Waals surface area contributed by atoms with Gasteiger partial charge in [-0.15, -0.1) is 0 Å². The Morgan fingerprint density at radius 3 is 2.41 bits per heavy atom. The topological polar surface area (TPSA) is 120 Å². The van der Waals surface area contributed by atoms with E-state index in [0.717, 1.165) is 37.7 Å². The first-order valence-electron chi connectivity index (χ1n) is 12.3. The lowest BCUT2D eigenvalue weighted by atomic mass is 9.84. The van der Waals surface area contributed by atoms with Gasteiger partial charge < -0.3 is 5.32 Å². The van der Waals surface area contributed by atoms with Gasteiger partial charge in [0.2, 0.25) is 10.0 Å². The fraction of sp³-hybridized carbons (Fsp3) is 0.296. The van der Waals surface area contributed by atoms with Crippen LogP contribution >= 0.6 is 0 Å². The van der Waals surface area contributed by atoms with E-state index in [0.29, 0.717) is 27.7 Å². The normalized spacial score (nSPS) is 15.5. The number of carbonyl (C=O) groups excluding carboxylic acids is 1. The average molecular weight is 522 g/mol. The summed E-state index contributed by atoms with van der Waals surface area (Å²) in [6.07, 6.45) is 9.56. The lowest BCUT2D eigenvalue weighted by Gasteiger charge is -2.29. The van der Waals surface area contributed by atoms with Gasteiger partial charge in [0.15, 0.2) is 0 Å². The molecule has 1 unspecified atom stereocenters. The van der Waals surface area contributed by atoms with Crippen molar-refractivity contribution in [2.24, 2.45) is 11.1 Å². The van der Waals surface area contributed by atoms with Gasteiger partial charge in [0.25, 0.3) is 5.91 Å². The summed E-state index contributed by atoms with van der Waals surface area (Å²) in [7, 11) is -3.74. The van der Waals surface area contributed by atoms with Crippen molar-refractivity contribution in [1.82, 2.24) is 20.1 Å². The van der Waals surface area contributed by atoms with E-state index >= 15 is 0 Å². The molecule has 8 nitrogen and oxygen atoms in total. The summed E-state index contributed by atoms with van der Waals surface area (Å²) in [6.45, 7) is 0.255. The summed E-state index contributed by atoms with van der Waals surface area (Å²) in [5, 5.41) is 12.8. The Morgan fingerprint density at radius 1 is 1.03 bits per heavy atom. The van der Waals surface area contributed by atoms with E-state index in [1.54, 1.807) is 41.3 Å². The summed E-state index contributed by atoms with van der Waals surface area (Å²) < 4.78 is 39.7. The van der Waals surface area contributed by atoms with Gasteiger partial charge in [0.05, 0.1) is 29.2 Å². The number of fused-ring (bicyclic) bond motifs is 1. The van der Waals surface area contributed by atoms with Gasteiger partial charge >= 0.3 is 0 Å². The van der Waals surface area contributed by atoms with Crippen LogP contribution in [-0.2, 0) is 16.6 Å². The molecule has 37 heavy (non-hydrogen) atoms. The van der Waals surface area contributed by atoms with Crippen LogP contribution in [-0.4, -0.2) is 29.1 Å². The van der Waals surface area contributed by atoms with Crippen molar-refractivity contribution >= 4 is 26.8 Å². The van der Waals surface area contributed by atoms with Crippen molar-refractivity contribution < 1.29 is 17.6 Å². The predicted molar refractivity (Wildman–Crippen MR) is 139 cm³/mol. The molecule has 192 valence electrons. The minimum Gasteiger partial charge on any atom is -0.348 e. The number of sulfonamides is 1. The molecule has 4 aromatic rings. The zero-order valence-electron chi connectivity index (χ0n) is 20.2. The number of amides is 1. The van der Waals surface area contributed by atoms with Gasteiger partial charge in [-0.2, -0.15) is 5.10 Å². The number of rotatable bonds is 7. The fourth-order valence-electron chi connectivity index (χ4n) is 5.18. The zero-order chi connectivity index (χ0) is 26.0. The summed E-state index contributed by atoms with van der Waals surface area (Å²) in [6, 6.07) is 13.1. The highest BCUT2D eigenvalue weighted by atomic mass is 32.2. The first-order valence-corrected chi connectivity index (χ1v) is 13.9. The summed E-state index contributed by atoms with van der Waals surface area (Å²) in [5.74, 6) is -0.635. The molecule has 2 aromatic heterocycles. The SMILES string of the molecule is NS(=O)(=O)C(c1ccc(CNC(=O)c2cncc3c2cnn3-c2ccc(F)cc2)cc1)C1CCCCC1. The molecule has 0 bridgehead atoms. The van der Waals surface area contributed by atoms with E-state index < -0.39 is 15.3 Å². The fourth-order valence-corrected chi connectivity index (χ4v) is 6.53. The second-order valence-electron chi connectivity index (χ2n) is 9.48. The zero-order valence-corrected chi connectivity index (χ0v) is 21.0. The van der Waals surface area contributed by atoms with Gasteiger partial charge in [-0.3, -0.25) is 9.78 Å². The molecule has 1 aliphatic rings. The number of primary sulfonamides is 1. The molecule has 0 radical (unpaired) electrons. The Morgan fingerprint density at radius 2 is 1.73 bits per heavy atom. The van der Waals surface area contributed by atoms with E-state index in [1.165, 1.54) is 18.3 Å². The summed E-state index contributed by atoms with van der Waals surface area (Å²) in [4.78, 5) is 17.2. The van der Waals surface area contributed by atoms with Gasteiger partial charge in [0, 0.05) is 18.1 Å². The largest absolute Gasteiger partial charge is 0.348 e. The highest BCUT2D eigenvalue weighted by molar-refractivity contribution is 7.89. The molecule has 1 aliphatic carbocycles. The number of hydrogen-bond donors (Lipinski definition) is 2. The second-order valence-corrected chi connectivity index (χ2v) is 11.2. The molecular weight excluding hydrogens is 493 g/mol. The number of pyridine rings is 1. The maximum Gasteiger partial charge on any atom is 0.253 e. The van der Waals surface area contributed by atoms with Crippen molar-refractivity contribution in [3.8, 4) is 5.69 Å². The summed E-state index contributed by atoms with van der Waals surface area (Å²) >= 11 is 0. The van der Waals surface area contributed by atoms with Gasteiger partial charge in [-0.25, -0.2) is 22.6 Å². The van der Waals surface area contributed by atoms with Gasteiger partial charge in [-0.1, -0.05) is 43.5 Å². The van der Waals surface area contributed by atoms with E-state index in [9.17, 15) is 17.6 Å². The number of nitrogens with two attached hydrogens (primary N) is 1. The lowest BCUT2D eigenvalue weighted by molar-refractivity contribution is 0.0952. The molecule has 1 saturated carbocycles. The van der Waals surface area contributed by atoms with Crippen LogP contribution in [0.15, 0.2) is 67.1 Å². The van der Waals surface area contributed by atoms with E-state index in [2.05, 4.69) is 15.4 Å². The third-order valence-corrected chi connectivity index (χ3v) is 8.37. The molecule has 0 saturated heterocycles. The molecule has 0 spiro atoms. The highest BCUT2D eigenvalue weighted by Crippen LogP contribution is 2.38. The van der Waals surface area contributed by atoms with E-state index in [4.69, 9.17) is 5.14 Å². The first kappa shape index (κ1) is 25.0. The number of nitrogens with one attached hydrogen (secondary N) is 1. The van der Waals surface area contributed by atoms with Crippen molar-refractivity contribution in [3.05, 3.63) is 89.6 Å². The summed E-state index contributed by atoms with van der Waals surface area (Å²) in [5.41, 5.74) is 3.17. The Hall–Kier alpha value is -3.63. The number of benzene rings is 2. The average Bonchev–Trinajstić information content (AvgIpc) is 3.33. The van der Waals surface area contributed by atoms with E-state index in [-0.39, 0.29) is 24.2 Å². The van der Waals surface area contributed by atoms with Crippen LogP contribution in [0.2, 0.25) is 0 Å². The molecule has 1 fully saturated rings. The standard InChI is InChI=1S/C27H28FN5O3S/c28-21-10-12-22(13-11-21)33-25-17-30-15-24(23(25)16-32-33)27(34)31-14-18-6-8-20(9-7-18)26(37(29,35)36)19-4-2-1-3-5-19/h6-13,15-17,19,26H,1-5,14H2,(H,31,34)(H2,29,35,36). The highest BCUT2D eigenvalue weighted by Gasteiger charge is 2.33. The smallest absolute Gasteiger partial charge is 0.253 e. The molecule has 10 heteroatoms. The van der Waals surface area contributed by atoms with Crippen LogP contribution in [0, 0.1) is 11.7 Å². The Balaban J connectivity index is 1.31. The molecule has 5 rings (SSSR count). The number of halogens is 1. The second kappa shape index (κ2) is 10.4. The first-order chi connectivity index (χ1) is 17.8. The van der Waals surface area contributed by atoms with Crippen LogP contribution in [0.25, 0.3) is 16.6 Å². The number of carbonyl (C=O) groups is 1.